The Labute approximate surface area is 161 Å². The van der Waals surface area contributed by atoms with Crippen LogP contribution in [0.2, 0.25) is 0 Å². The Morgan fingerprint density at radius 3 is 2.93 bits per heavy atom. The SMILES string of the molecule is Cc1c(N)cncc1-c1cc2cc(NC(=O)[C@H]3C[C@@H]3CC#N)ncc2c(N)n1. The zero-order valence-corrected chi connectivity index (χ0v) is 15.3. The van der Waals surface area contributed by atoms with E-state index in [0.717, 1.165) is 22.9 Å². The van der Waals surface area contributed by atoms with E-state index in [1.54, 1.807) is 24.7 Å². The van der Waals surface area contributed by atoms with Crippen molar-refractivity contribution in [1.29, 1.82) is 5.26 Å². The fourth-order valence-electron chi connectivity index (χ4n) is 3.31. The first-order valence-electron chi connectivity index (χ1n) is 8.92. The highest BCUT2D eigenvalue weighted by Crippen LogP contribution is 2.41. The summed E-state index contributed by atoms with van der Waals surface area (Å²) in [6.45, 7) is 1.90. The number of carbonyl (C=O) groups is 1. The largest absolute Gasteiger partial charge is 0.397 e. The number of hydrogen-bond acceptors (Lipinski definition) is 7. The van der Waals surface area contributed by atoms with Gasteiger partial charge in [-0.1, -0.05) is 0 Å². The molecule has 0 saturated heterocycles. The second-order valence-corrected chi connectivity index (χ2v) is 7.04. The molecule has 3 heterocycles. The molecule has 1 aliphatic carbocycles. The van der Waals surface area contributed by atoms with Crippen molar-refractivity contribution in [3.8, 4) is 17.3 Å². The van der Waals surface area contributed by atoms with Crippen LogP contribution in [-0.4, -0.2) is 20.9 Å². The number of carbonyl (C=O) groups excluding carboxylic acids is 1. The molecule has 3 aromatic rings. The number of rotatable bonds is 4. The monoisotopic (exact) mass is 373 g/mol. The normalized spacial score (nSPS) is 17.9. The van der Waals surface area contributed by atoms with Gasteiger partial charge in [-0.3, -0.25) is 9.78 Å². The topological polar surface area (TPSA) is 144 Å². The predicted molar refractivity (Wildman–Crippen MR) is 107 cm³/mol. The van der Waals surface area contributed by atoms with Crippen molar-refractivity contribution >= 4 is 34.0 Å². The van der Waals surface area contributed by atoms with Crippen LogP contribution in [0, 0.1) is 30.1 Å². The highest BCUT2D eigenvalue weighted by molar-refractivity contribution is 5.98. The van der Waals surface area contributed by atoms with E-state index in [0.29, 0.717) is 34.8 Å². The summed E-state index contributed by atoms with van der Waals surface area (Å²) in [5.41, 5.74) is 15.0. The van der Waals surface area contributed by atoms with Crippen molar-refractivity contribution in [2.24, 2.45) is 11.8 Å². The molecule has 8 heteroatoms. The number of nitrogens with one attached hydrogen (secondary N) is 1. The summed E-state index contributed by atoms with van der Waals surface area (Å²) in [6, 6.07) is 5.75. The van der Waals surface area contributed by atoms with Crippen LogP contribution in [0.3, 0.4) is 0 Å². The van der Waals surface area contributed by atoms with Crippen molar-refractivity contribution in [3.63, 3.8) is 0 Å². The number of hydrogen-bond donors (Lipinski definition) is 3. The fourth-order valence-corrected chi connectivity index (χ4v) is 3.31. The minimum absolute atomic E-state index is 0.106. The smallest absolute Gasteiger partial charge is 0.228 e. The maximum atomic E-state index is 12.3. The number of fused-ring (bicyclic) bond motifs is 1. The third-order valence-corrected chi connectivity index (χ3v) is 5.14. The number of anilines is 3. The number of nitrogens with two attached hydrogens (primary N) is 2. The van der Waals surface area contributed by atoms with Crippen molar-refractivity contribution in [2.45, 2.75) is 19.8 Å². The Hall–Kier alpha value is -3.73. The number of pyridine rings is 3. The molecule has 1 fully saturated rings. The average molecular weight is 373 g/mol. The number of nitrogens with zero attached hydrogens (tertiary/aromatic N) is 4. The van der Waals surface area contributed by atoms with Gasteiger partial charge in [0.15, 0.2) is 0 Å². The number of aromatic nitrogens is 3. The van der Waals surface area contributed by atoms with Crippen LogP contribution in [-0.2, 0) is 4.79 Å². The zero-order valence-electron chi connectivity index (χ0n) is 15.3. The number of nitriles is 1. The second kappa shape index (κ2) is 6.78. The van der Waals surface area contributed by atoms with Crippen LogP contribution in [0.5, 0.6) is 0 Å². The van der Waals surface area contributed by atoms with Gasteiger partial charge in [-0.2, -0.15) is 5.26 Å². The summed E-state index contributed by atoms with van der Waals surface area (Å²) < 4.78 is 0. The van der Waals surface area contributed by atoms with E-state index in [1.807, 2.05) is 13.0 Å². The molecular weight excluding hydrogens is 354 g/mol. The molecule has 4 rings (SSSR count). The maximum Gasteiger partial charge on any atom is 0.228 e. The Morgan fingerprint density at radius 1 is 1.32 bits per heavy atom. The molecule has 3 aromatic heterocycles. The molecule has 28 heavy (non-hydrogen) atoms. The molecule has 0 bridgehead atoms. The Bertz CT molecular complexity index is 1140. The minimum atomic E-state index is -0.115. The van der Waals surface area contributed by atoms with E-state index in [1.165, 1.54) is 0 Å². The van der Waals surface area contributed by atoms with Gasteiger partial charge in [-0.05, 0) is 42.3 Å². The molecule has 0 unspecified atom stereocenters. The van der Waals surface area contributed by atoms with Crippen molar-refractivity contribution < 1.29 is 4.79 Å². The van der Waals surface area contributed by atoms with Gasteiger partial charge in [0.1, 0.15) is 11.6 Å². The third-order valence-electron chi connectivity index (χ3n) is 5.14. The molecule has 0 spiro atoms. The van der Waals surface area contributed by atoms with Crippen LogP contribution < -0.4 is 16.8 Å². The number of amides is 1. The first-order chi connectivity index (χ1) is 13.5. The third kappa shape index (κ3) is 3.18. The molecule has 1 amide bonds. The minimum Gasteiger partial charge on any atom is -0.397 e. The molecule has 1 aliphatic rings. The van der Waals surface area contributed by atoms with Crippen molar-refractivity contribution in [1.82, 2.24) is 15.0 Å². The van der Waals surface area contributed by atoms with Gasteiger partial charge >= 0.3 is 0 Å². The Balaban J connectivity index is 1.66. The molecule has 0 aliphatic heterocycles. The Kier molecular flexibility index (Phi) is 4.28. The summed E-state index contributed by atoms with van der Waals surface area (Å²) in [4.78, 5) is 25.2. The van der Waals surface area contributed by atoms with Crippen LogP contribution in [0.1, 0.15) is 18.4 Å². The van der Waals surface area contributed by atoms with E-state index in [-0.39, 0.29) is 17.7 Å². The lowest BCUT2D eigenvalue weighted by Crippen LogP contribution is -2.15. The van der Waals surface area contributed by atoms with Crippen LogP contribution in [0.4, 0.5) is 17.3 Å². The summed E-state index contributed by atoms with van der Waals surface area (Å²) >= 11 is 0. The lowest BCUT2D eigenvalue weighted by molar-refractivity contribution is -0.117. The Morgan fingerprint density at radius 2 is 2.14 bits per heavy atom. The van der Waals surface area contributed by atoms with Crippen LogP contribution in [0.15, 0.2) is 30.7 Å². The van der Waals surface area contributed by atoms with Crippen molar-refractivity contribution in [3.05, 3.63) is 36.3 Å². The van der Waals surface area contributed by atoms with E-state index in [2.05, 4.69) is 26.3 Å². The van der Waals surface area contributed by atoms with Gasteiger partial charge < -0.3 is 16.8 Å². The first kappa shape index (κ1) is 17.7. The highest BCUT2D eigenvalue weighted by atomic mass is 16.2. The lowest BCUT2D eigenvalue weighted by atomic mass is 10.0. The number of nitrogen functional groups attached to an aromatic ring is 2. The molecule has 0 aromatic carbocycles. The predicted octanol–water partition coefficient (Wildman–Crippen LogP) is 2.65. The first-order valence-corrected chi connectivity index (χ1v) is 8.92. The van der Waals surface area contributed by atoms with E-state index >= 15 is 0 Å². The van der Waals surface area contributed by atoms with Gasteiger partial charge in [0.25, 0.3) is 0 Å². The summed E-state index contributed by atoms with van der Waals surface area (Å²) in [6.07, 6.45) is 6.04. The van der Waals surface area contributed by atoms with Crippen LogP contribution in [0.25, 0.3) is 22.0 Å². The second-order valence-electron chi connectivity index (χ2n) is 7.04. The van der Waals surface area contributed by atoms with Gasteiger partial charge in [0.2, 0.25) is 5.91 Å². The standard InChI is InChI=1S/C20H19N7O/c1-10-14(7-24-9-16(10)22)17-5-12-6-18(25-8-15(12)19(23)26-17)27-20(28)13-4-11(13)2-3-21/h5-9,11,13H,2,4,22H2,1H3,(H2,23,26)(H,25,27,28)/t11-,13-/m0/s1. The summed E-state index contributed by atoms with van der Waals surface area (Å²) in [5.74, 6) is 0.715. The quantitative estimate of drug-likeness (QED) is 0.637. The van der Waals surface area contributed by atoms with E-state index in [4.69, 9.17) is 16.7 Å². The van der Waals surface area contributed by atoms with Crippen molar-refractivity contribution in [2.75, 3.05) is 16.8 Å². The zero-order chi connectivity index (χ0) is 19.8. The molecule has 1 saturated carbocycles. The van der Waals surface area contributed by atoms with Gasteiger partial charge in [-0.15, -0.1) is 0 Å². The summed E-state index contributed by atoms with van der Waals surface area (Å²) in [7, 11) is 0. The van der Waals surface area contributed by atoms with Gasteiger partial charge in [0, 0.05) is 35.7 Å². The summed E-state index contributed by atoms with van der Waals surface area (Å²) in [5, 5.41) is 13.1. The van der Waals surface area contributed by atoms with Gasteiger partial charge in [0.05, 0.1) is 23.6 Å². The molecule has 2 atom stereocenters. The lowest BCUT2D eigenvalue weighted by Gasteiger charge is -2.11. The molecular formula is C20H19N7O. The average Bonchev–Trinajstić information content (AvgIpc) is 3.43. The fraction of sp³-hybridized carbons (Fsp3) is 0.250. The molecule has 8 nitrogen and oxygen atoms in total. The molecule has 5 N–H and O–H groups in total. The highest BCUT2D eigenvalue weighted by Gasteiger charge is 2.42. The molecule has 140 valence electrons. The van der Waals surface area contributed by atoms with E-state index < -0.39 is 0 Å². The van der Waals surface area contributed by atoms with E-state index in [9.17, 15) is 4.79 Å². The van der Waals surface area contributed by atoms with Crippen LogP contribution >= 0.6 is 0 Å². The molecule has 0 radical (unpaired) electrons. The van der Waals surface area contributed by atoms with Gasteiger partial charge in [-0.25, -0.2) is 9.97 Å². The maximum absolute atomic E-state index is 12.3.